The van der Waals surface area contributed by atoms with E-state index in [9.17, 15) is 8.42 Å². The molecule has 0 unspecified atom stereocenters. The molecule has 0 bridgehead atoms. The molecule has 0 aliphatic carbocycles. The fourth-order valence-electron chi connectivity index (χ4n) is 1.91. The zero-order valence-corrected chi connectivity index (χ0v) is 13.7. The van der Waals surface area contributed by atoms with Crippen LogP contribution in [0.3, 0.4) is 0 Å². The highest BCUT2D eigenvalue weighted by Gasteiger charge is 2.15. The first-order valence-corrected chi connectivity index (χ1v) is 9.16. The molecule has 0 radical (unpaired) electrons. The molecule has 0 saturated carbocycles. The molecule has 0 aliphatic heterocycles. The summed E-state index contributed by atoms with van der Waals surface area (Å²) in [6.07, 6.45) is 0. The van der Waals surface area contributed by atoms with Crippen LogP contribution >= 0.6 is 22.9 Å². The van der Waals surface area contributed by atoms with Crippen molar-refractivity contribution in [2.75, 3.05) is 0 Å². The molecule has 1 N–H and O–H groups in total. The minimum absolute atomic E-state index is 0.0836. The van der Waals surface area contributed by atoms with E-state index >= 15 is 0 Å². The topological polar surface area (TPSA) is 59.3 Å². The SMILES string of the molecule is O=S(=O)(NCc1ccc(-c2cccs2)o1)c1cccc(Cl)c1. The summed E-state index contributed by atoms with van der Waals surface area (Å²) in [5.41, 5.74) is 0. The van der Waals surface area contributed by atoms with Crippen LogP contribution in [-0.4, -0.2) is 8.42 Å². The van der Waals surface area contributed by atoms with Crippen molar-refractivity contribution in [2.45, 2.75) is 11.4 Å². The number of halogens is 1. The Labute approximate surface area is 137 Å². The second-order valence-electron chi connectivity index (χ2n) is 4.53. The number of sulfonamides is 1. The average molecular weight is 354 g/mol. The first-order valence-electron chi connectivity index (χ1n) is 6.42. The van der Waals surface area contributed by atoms with E-state index < -0.39 is 10.0 Å². The van der Waals surface area contributed by atoms with Crippen LogP contribution in [0.25, 0.3) is 10.6 Å². The molecular formula is C15H12ClNO3S2. The molecular weight excluding hydrogens is 342 g/mol. The smallest absolute Gasteiger partial charge is 0.241 e. The molecule has 4 nitrogen and oxygen atoms in total. The summed E-state index contributed by atoms with van der Waals surface area (Å²) in [6.45, 7) is 0.0836. The quantitative estimate of drug-likeness (QED) is 0.749. The zero-order chi connectivity index (χ0) is 15.6. The van der Waals surface area contributed by atoms with Crippen molar-refractivity contribution in [2.24, 2.45) is 0 Å². The third-order valence-electron chi connectivity index (χ3n) is 2.97. The van der Waals surface area contributed by atoms with Crippen molar-refractivity contribution < 1.29 is 12.8 Å². The third kappa shape index (κ3) is 3.41. The van der Waals surface area contributed by atoms with Crippen LogP contribution < -0.4 is 4.72 Å². The summed E-state index contributed by atoms with van der Waals surface area (Å²) in [7, 11) is -3.62. The van der Waals surface area contributed by atoms with Crippen molar-refractivity contribution in [1.82, 2.24) is 4.72 Å². The Balaban J connectivity index is 1.72. The molecule has 0 atom stereocenters. The molecule has 1 aromatic carbocycles. The van der Waals surface area contributed by atoms with Gasteiger partial charge in [0.25, 0.3) is 0 Å². The maximum atomic E-state index is 12.2. The number of rotatable bonds is 5. The maximum absolute atomic E-state index is 12.2. The van der Waals surface area contributed by atoms with Gasteiger partial charge in [-0.25, -0.2) is 13.1 Å². The first kappa shape index (κ1) is 15.3. The van der Waals surface area contributed by atoms with E-state index in [-0.39, 0.29) is 11.4 Å². The summed E-state index contributed by atoms with van der Waals surface area (Å²) < 4.78 is 32.5. The lowest BCUT2D eigenvalue weighted by Gasteiger charge is -2.05. The lowest BCUT2D eigenvalue weighted by atomic mass is 10.3. The average Bonchev–Trinajstić information content (AvgIpc) is 3.16. The summed E-state index contributed by atoms with van der Waals surface area (Å²) in [5, 5.41) is 2.33. The van der Waals surface area contributed by atoms with Gasteiger partial charge in [0.1, 0.15) is 11.5 Å². The Bertz CT molecular complexity index is 870. The predicted molar refractivity (Wildman–Crippen MR) is 87.5 cm³/mol. The molecule has 3 rings (SSSR count). The lowest BCUT2D eigenvalue weighted by molar-refractivity contribution is 0.510. The van der Waals surface area contributed by atoms with E-state index in [1.165, 1.54) is 12.1 Å². The Morgan fingerprint density at radius 1 is 1.14 bits per heavy atom. The number of thiophene rings is 1. The molecule has 3 aromatic rings. The van der Waals surface area contributed by atoms with Crippen LogP contribution in [0.15, 0.2) is 63.2 Å². The standard InChI is InChI=1S/C15H12ClNO3S2/c16-11-3-1-4-13(9-11)22(18,19)17-10-12-6-7-14(20-12)15-5-2-8-21-15/h1-9,17H,10H2. The van der Waals surface area contributed by atoms with E-state index in [1.54, 1.807) is 29.5 Å². The second-order valence-corrected chi connectivity index (χ2v) is 7.68. The van der Waals surface area contributed by atoms with E-state index in [0.29, 0.717) is 10.8 Å². The zero-order valence-electron chi connectivity index (χ0n) is 11.3. The number of hydrogen-bond donors (Lipinski definition) is 1. The molecule has 0 saturated heterocycles. The minimum atomic E-state index is -3.62. The van der Waals surface area contributed by atoms with Crippen LogP contribution in [0.2, 0.25) is 5.02 Å². The minimum Gasteiger partial charge on any atom is -0.459 e. The summed E-state index contributed by atoms with van der Waals surface area (Å²) in [5.74, 6) is 1.28. The van der Waals surface area contributed by atoms with Gasteiger partial charge in [0.05, 0.1) is 16.3 Å². The Morgan fingerprint density at radius 2 is 2.00 bits per heavy atom. The number of benzene rings is 1. The van der Waals surface area contributed by atoms with Crippen LogP contribution in [0.4, 0.5) is 0 Å². The molecule has 114 valence electrons. The number of nitrogens with one attached hydrogen (secondary N) is 1. The van der Waals surface area contributed by atoms with Gasteiger partial charge in [0.15, 0.2) is 0 Å². The lowest BCUT2D eigenvalue weighted by Crippen LogP contribution is -2.22. The second kappa shape index (κ2) is 6.26. The molecule has 7 heteroatoms. The molecule has 2 heterocycles. The third-order valence-corrected chi connectivity index (χ3v) is 5.49. The van der Waals surface area contributed by atoms with Crippen molar-refractivity contribution >= 4 is 33.0 Å². The van der Waals surface area contributed by atoms with Gasteiger partial charge in [-0.3, -0.25) is 0 Å². The molecule has 2 aromatic heterocycles. The number of furan rings is 1. The maximum Gasteiger partial charge on any atom is 0.241 e. The summed E-state index contributed by atoms with van der Waals surface area (Å²) in [6, 6.07) is 13.6. The van der Waals surface area contributed by atoms with E-state index in [0.717, 1.165) is 10.6 Å². The summed E-state index contributed by atoms with van der Waals surface area (Å²) >= 11 is 7.38. The normalized spacial score (nSPS) is 11.7. The van der Waals surface area contributed by atoms with E-state index in [2.05, 4.69) is 4.72 Å². The van der Waals surface area contributed by atoms with Crippen molar-refractivity contribution in [1.29, 1.82) is 0 Å². The molecule has 22 heavy (non-hydrogen) atoms. The largest absolute Gasteiger partial charge is 0.459 e. The van der Waals surface area contributed by atoms with Gasteiger partial charge >= 0.3 is 0 Å². The molecule has 0 fully saturated rings. The highest BCUT2D eigenvalue weighted by molar-refractivity contribution is 7.89. The van der Waals surface area contributed by atoms with E-state index in [4.69, 9.17) is 16.0 Å². The predicted octanol–water partition coefficient (Wildman–Crippen LogP) is 4.14. The Kier molecular flexibility index (Phi) is 4.35. The molecule has 0 aliphatic rings. The first-order chi connectivity index (χ1) is 10.5. The van der Waals surface area contributed by atoms with Gasteiger partial charge < -0.3 is 4.42 Å². The fourth-order valence-corrected chi connectivity index (χ4v) is 3.89. The van der Waals surface area contributed by atoms with Gasteiger partial charge in [0, 0.05) is 5.02 Å². The van der Waals surface area contributed by atoms with Crippen molar-refractivity contribution in [3.63, 3.8) is 0 Å². The van der Waals surface area contributed by atoms with Crippen molar-refractivity contribution in [3.05, 3.63) is 64.7 Å². The van der Waals surface area contributed by atoms with Crippen molar-refractivity contribution in [3.8, 4) is 10.6 Å². The van der Waals surface area contributed by atoms with Crippen LogP contribution in [0, 0.1) is 0 Å². The van der Waals surface area contributed by atoms with Gasteiger partial charge in [-0.05, 0) is 41.8 Å². The monoisotopic (exact) mass is 353 g/mol. The Hall–Kier alpha value is -1.60. The highest BCUT2D eigenvalue weighted by Crippen LogP contribution is 2.26. The van der Waals surface area contributed by atoms with Crippen LogP contribution in [0.1, 0.15) is 5.76 Å². The Morgan fingerprint density at radius 3 is 2.73 bits per heavy atom. The van der Waals surface area contributed by atoms with E-state index in [1.807, 2.05) is 23.6 Å². The summed E-state index contributed by atoms with van der Waals surface area (Å²) in [4.78, 5) is 1.13. The van der Waals surface area contributed by atoms with Gasteiger partial charge in [0.2, 0.25) is 10.0 Å². The fraction of sp³-hybridized carbons (Fsp3) is 0.0667. The number of hydrogen-bond acceptors (Lipinski definition) is 4. The van der Waals surface area contributed by atoms with Gasteiger partial charge in [-0.15, -0.1) is 11.3 Å². The van der Waals surface area contributed by atoms with Gasteiger partial charge in [-0.2, -0.15) is 0 Å². The van der Waals surface area contributed by atoms with Gasteiger partial charge in [-0.1, -0.05) is 23.7 Å². The molecule has 0 amide bonds. The highest BCUT2D eigenvalue weighted by atomic mass is 35.5. The van der Waals surface area contributed by atoms with Crippen LogP contribution in [-0.2, 0) is 16.6 Å². The molecule has 0 spiro atoms. The van der Waals surface area contributed by atoms with Crippen LogP contribution in [0.5, 0.6) is 0 Å².